The quantitative estimate of drug-likeness (QED) is 0.575. The number of nitro groups is 1. The van der Waals surface area contributed by atoms with E-state index >= 15 is 0 Å². The third kappa shape index (κ3) is 2.25. The van der Waals surface area contributed by atoms with Crippen molar-refractivity contribution >= 4 is 17.3 Å². The first-order valence-corrected chi connectivity index (χ1v) is 6.10. The number of ether oxygens (including phenoxy) is 2. The molecule has 1 aliphatic heterocycles. The lowest BCUT2D eigenvalue weighted by atomic mass is 10.2. The van der Waals surface area contributed by atoms with Crippen LogP contribution in [0.3, 0.4) is 0 Å². The lowest BCUT2D eigenvalue weighted by Crippen LogP contribution is -2.11. The predicted octanol–water partition coefficient (Wildman–Crippen LogP) is 3.45. The van der Waals surface area contributed by atoms with E-state index in [-0.39, 0.29) is 17.1 Å². The Morgan fingerprint density at radius 2 is 1.76 bits per heavy atom. The van der Waals surface area contributed by atoms with Crippen LogP contribution in [0.2, 0.25) is 0 Å². The van der Waals surface area contributed by atoms with Crippen molar-refractivity contribution in [2.24, 2.45) is 0 Å². The molecule has 0 saturated heterocycles. The smallest absolute Gasteiger partial charge is 0.296 e. The van der Waals surface area contributed by atoms with E-state index in [1.54, 1.807) is 24.3 Å². The summed E-state index contributed by atoms with van der Waals surface area (Å²) in [6.45, 7) is 1.26. The third-order valence-electron chi connectivity index (χ3n) is 2.88. The van der Waals surface area contributed by atoms with E-state index in [0.717, 1.165) is 0 Å². The molecule has 0 radical (unpaired) electrons. The Morgan fingerprint density at radius 3 is 2.38 bits per heavy atom. The topological polar surface area (TPSA) is 90.7 Å². The van der Waals surface area contributed by atoms with E-state index in [1.807, 2.05) is 0 Å². The summed E-state index contributed by atoms with van der Waals surface area (Å²) < 4.78 is 11.3. The number of hydrogen-bond donors (Lipinski definition) is 1. The van der Waals surface area contributed by atoms with Crippen LogP contribution in [0.25, 0.3) is 0 Å². The zero-order chi connectivity index (χ0) is 15.0. The molecule has 1 heterocycles. The zero-order valence-corrected chi connectivity index (χ0v) is 11.0. The number of benzene rings is 2. The Kier molecular flexibility index (Phi) is 2.94. The molecule has 2 aromatic rings. The predicted molar refractivity (Wildman–Crippen MR) is 74.0 cm³/mol. The van der Waals surface area contributed by atoms with Crippen LogP contribution in [0.15, 0.2) is 36.4 Å². The van der Waals surface area contributed by atoms with Crippen molar-refractivity contribution in [3.8, 4) is 23.0 Å². The molecule has 21 heavy (non-hydrogen) atoms. The van der Waals surface area contributed by atoms with Gasteiger partial charge in [-0.2, -0.15) is 0 Å². The molecular formula is C14H10N2O5. The van der Waals surface area contributed by atoms with E-state index in [2.05, 4.69) is 5.32 Å². The minimum atomic E-state index is -0.588. The number of fused-ring (bicyclic) bond motifs is 2. The molecule has 0 spiro atoms. The van der Waals surface area contributed by atoms with Gasteiger partial charge in [-0.3, -0.25) is 14.9 Å². The summed E-state index contributed by atoms with van der Waals surface area (Å²) in [7, 11) is 0. The molecule has 0 aliphatic carbocycles. The minimum Gasteiger partial charge on any atom is -0.449 e. The fraction of sp³-hybridized carbons (Fsp3) is 0.0714. The Hall–Kier alpha value is -3.09. The summed E-state index contributed by atoms with van der Waals surface area (Å²) in [6, 6.07) is 9.64. The monoisotopic (exact) mass is 286 g/mol. The van der Waals surface area contributed by atoms with Crippen molar-refractivity contribution in [1.29, 1.82) is 0 Å². The van der Waals surface area contributed by atoms with Gasteiger partial charge in [-0.1, -0.05) is 12.1 Å². The Balaban J connectivity index is 2.15. The highest BCUT2D eigenvalue weighted by Gasteiger charge is 2.28. The summed E-state index contributed by atoms with van der Waals surface area (Å²) in [6.07, 6.45) is 0. The number of carbonyl (C=O) groups is 1. The van der Waals surface area contributed by atoms with Gasteiger partial charge >= 0.3 is 0 Å². The third-order valence-corrected chi connectivity index (χ3v) is 2.88. The van der Waals surface area contributed by atoms with Gasteiger partial charge in [0, 0.05) is 13.0 Å². The molecule has 0 fully saturated rings. The number of amides is 1. The van der Waals surface area contributed by atoms with Gasteiger partial charge in [-0.05, 0) is 18.2 Å². The molecule has 0 aromatic heterocycles. The van der Waals surface area contributed by atoms with Crippen LogP contribution in [0.1, 0.15) is 6.92 Å². The van der Waals surface area contributed by atoms with Crippen LogP contribution in [0, 0.1) is 10.1 Å². The van der Waals surface area contributed by atoms with Crippen LogP contribution < -0.4 is 14.8 Å². The zero-order valence-electron chi connectivity index (χ0n) is 11.0. The Bertz CT molecular complexity index is 757. The van der Waals surface area contributed by atoms with E-state index in [9.17, 15) is 14.9 Å². The highest BCUT2D eigenvalue weighted by molar-refractivity contribution is 5.95. The Labute approximate surface area is 119 Å². The molecule has 0 bridgehead atoms. The van der Waals surface area contributed by atoms with Gasteiger partial charge in [0.25, 0.3) is 5.69 Å². The van der Waals surface area contributed by atoms with E-state index < -0.39 is 10.8 Å². The maximum Gasteiger partial charge on any atom is 0.296 e. The van der Waals surface area contributed by atoms with Crippen LogP contribution in [0.4, 0.5) is 11.4 Å². The summed E-state index contributed by atoms with van der Waals surface area (Å²) in [4.78, 5) is 21.8. The minimum absolute atomic E-state index is 0.0143. The largest absolute Gasteiger partial charge is 0.449 e. The molecule has 0 saturated carbocycles. The van der Waals surface area contributed by atoms with E-state index in [0.29, 0.717) is 17.2 Å². The van der Waals surface area contributed by atoms with Crippen LogP contribution in [-0.4, -0.2) is 10.8 Å². The molecule has 0 atom stereocenters. The summed E-state index contributed by atoms with van der Waals surface area (Å²) in [5.41, 5.74) is -0.272. The average Bonchev–Trinajstić information content (AvgIpc) is 2.44. The normalized spacial score (nSPS) is 11.5. The van der Waals surface area contributed by atoms with Gasteiger partial charge in [-0.25, -0.2) is 0 Å². The molecule has 1 amide bonds. The van der Waals surface area contributed by atoms with Crippen molar-refractivity contribution < 1.29 is 19.2 Å². The molecule has 3 rings (SSSR count). The first-order valence-electron chi connectivity index (χ1n) is 6.10. The van der Waals surface area contributed by atoms with E-state index in [1.165, 1.54) is 19.1 Å². The first kappa shape index (κ1) is 12.9. The van der Waals surface area contributed by atoms with Crippen molar-refractivity contribution in [2.45, 2.75) is 6.92 Å². The second-order valence-corrected chi connectivity index (χ2v) is 4.38. The number of hydrogen-bond acceptors (Lipinski definition) is 5. The van der Waals surface area contributed by atoms with Crippen LogP contribution >= 0.6 is 0 Å². The first-order chi connectivity index (χ1) is 10.1. The maximum absolute atomic E-state index is 11.3. The fourth-order valence-corrected chi connectivity index (χ4v) is 2.03. The number of nitro benzene ring substituents is 1. The van der Waals surface area contributed by atoms with Crippen molar-refractivity contribution in [1.82, 2.24) is 0 Å². The molecule has 0 unspecified atom stereocenters. The highest BCUT2D eigenvalue weighted by Crippen LogP contribution is 2.51. The molecule has 1 aliphatic rings. The average molecular weight is 286 g/mol. The Morgan fingerprint density at radius 1 is 1.10 bits per heavy atom. The number of anilines is 1. The molecule has 7 heteroatoms. The number of nitrogens with one attached hydrogen (secondary N) is 1. The number of rotatable bonds is 2. The van der Waals surface area contributed by atoms with Gasteiger partial charge in [-0.15, -0.1) is 0 Å². The molecule has 1 N–H and O–H groups in total. The molecular weight excluding hydrogens is 276 g/mol. The maximum atomic E-state index is 11.3. The number of para-hydroxylation sites is 2. The second kappa shape index (κ2) is 4.78. The summed E-state index contributed by atoms with van der Waals surface area (Å²) in [5.74, 6) is 0.930. The molecule has 106 valence electrons. The number of nitrogens with zero attached hydrogens (tertiary/aromatic N) is 1. The second-order valence-electron chi connectivity index (χ2n) is 4.38. The van der Waals surface area contributed by atoms with Gasteiger partial charge in [0.1, 0.15) is 0 Å². The van der Waals surface area contributed by atoms with Gasteiger partial charge in [0.15, 0.2) is 22.9 Å². The van der Waals surface area contributed by atoms with Crippen molar-refractivity contribution in [3.05, 3.63) is 46.5 Å². The van der Waals surface area contributed by atoms with Gasteiger partial charge < -0.3 is 14.8 Å². The fourth-order valence-electron chi connectivity index (χ4n) is 2.03. The molecule has 7 nitrogen and oxygen atoms in total. The molecule has 2 aromatic carbocycles. The van der Waals surface area contributed by atoms with Crippen molar-refractivity contribution in [3.63, 3.8) is 0 Å². The van der Waals surface area contributed by atoms with E-state index in [4.69, 9.17) is 9.47 Å². The number of carbonyl (C=O) groups excluding carboxylic acids is 1. The lowest BCUT2D eigenvalue weighted by Gasteiger charge is -2.22. The van der Waals surface area contributed by atoms with Gasteiger partial charge in [0.2, 0.25) is 11.7 Å². The summed E-state index contributed by atoms with van der Waals surface area (Å²) >= 11 is 0. The highest BCUT2D eigenvalue weighted by atomic mass is 16.6. The van der Waals surface area contributed by atoms with Gasteiger partial charge in [0.05, 0.1) is 4.92 Å². The van der Waals surface area contributed by atoms with Crippen LogP contribution in [0.5, 0.6) is 23.0 Å². The SMILES string of the molecule is CC(=O)Nc1c([N+](=O)[O-])ccc2c1Oc1ccccc1O2. The van der Waals surface area contributed by atoms with Crippen molar-refractivity contribution in [2.75, 3.05) is 5.32 Å². The standard InChI is InChI=1S/C14H10N2O5/c1-8(17)15-13-9(16(18)19)6-7-12-14(13)21-11-5-3-2-4-10(11)20-12/h2-7H,1H3,(H,15,17). The van der Waals surface area contributed by atoms with Crippen LogP contribution in [-0.2, 0) is 4.79 Å². The summed E-state index contributed by atoms with van der Waals surface area (Å²) in [5, 5.41) is 13.5. The lowest BCUT2D eigenvalue weighted by molar-refractivity contribution is -0.384.